The molecule has 3 N–H and O–H groups in total. The molecule has 3 amide bonds. The number of nitrogens with one attached hydrogen (secondary N) is 2. The quantitative estimate of drug-likeness (QED) is 0.612. The van der Waals surface area contributed by atoms with Crippen LogP contribution in [0.15, 0.2) is 48.5 Å². The van der Waals surface area contributed by atoms with Crippen molar-refractivity contribution in [2.75, 3.05) is 13.7 Å². The van der Waals surface area contributed by atoms with Gasteiger partial charge in [0.1, 0.15) is 11.3 Å². The lowest BCUT2D eigenvalue weighted by molar-refractivity contribution is -0.155. The number of hydrogen-bond donors (Lipinski definition) is 3. The number of aliphatic hydroxyl groups is 1. The number of amides is 3. The topological polar surface area (TPSA) is 90.9 Å². The number of imide groups is 1. The van der Waals surface area contributed by atoms with Crippen LogP contribution in [0.25, 0.3) is 0 Å². The van der Waals surface area contributed by atoms with Crippen molar-refractivity contribution in [3.8, 4) is 5.75 Å². The molecule has 34 heavy (non-hydrogen) atoms. The maximum absolute atomic E-state index is 14.0. The van der Waals surface area contributed by atoms with Crippen molar-refractivity contribution < 1.29 is 19.4 Å². The van der Waals surface area contributed by atoms with E-state index in [9.17, 15) is 14.7 Å². The number of piperidine rings is 1. The van der Waals surface area contributed by atoms with Gasteiger partial charge in [0.25, 0.3) is 5.91 Å². The zero-order valence-electron chi connectivity index (χ0n) is 19.6. The Balaban J connectivity index is 1.43. The Morgan fingerprint density at radius 3 is 2.68 bits per heavy atom. The van der Waals surface area contributed by atoms with Crippen LogP contribution in [0.3, 0.4) is 0 Å². The molecule has 2 bridgehead atoms. The largest absolute Gasteiger partial charge is 0.497 e. The molecule has 6 rings (SSSR count). The molecule has 2 saturated heterocycles. The summed E-state index contributed by atoms with van der Waals surface area (Å²) < 4.78 is 5.54. The van der Waals surface area contributed by atoms with Gasteiger partial charge < -0.3 is 20.5 Å². The van der Waals surface area contributed by atoms with Crippen molar-refractivity contribution >= 4 is 11.9 Å². The maximum atomic E-state index is 14.0. The number of methoxy groups -OCH3 is 1. The Bertz CT molecular complexity index is 1170. The number of hydrogen-bond acceptors (Lipinski definition) is 5. The number of carbonyl (C=O) groups excluding carboxylic acids is 2. The van der Waals surface area contributed by atoms with Crippen molar-refractivity contribution in [1.29, 1.82) is 0 Å². The Labute approximate surface area is 199 Å². The molecule has 3 fully saturated rings. The molecule has 2 aliphatic carbocycles. The van der Waals surface area contributed by atoms with Crippen LogP contribution in [-0.4, -0.2) is 52.8 Å². The smallest absolute Gasteiger partial charge is 0.325 e. The highest BCUT2D eigenvalue weighted by atomic mass is 16.5. The molecule has 0 radical (unpaired) electrons. The molecule has 2 aliphatic heterocycles. The van der Waals surface area contributed by atoms with Crippen molar-refractivity contribution in [2.45, 2.75) is 67.7 Å². The summed E-state index contributed by atoms with van der Waals surface area (Å²) in [6.07, 6.45) is 2.69. The van der Waals surface area contributed by atoms with E-state index in [1.54, 1.807) is 7.11 Å². The standard InChI is InChI=1S/C27H31N3O4/c1-17(18-6-4-3-5-7-18)30-23(31)26(29-24(30)32)10-11-27(33)22-14-19-8-9-20(34-2)15-21(19)25(27,16-26)12-13-28-22/h3-9,15,17,22,28,33H,10-14,16H2,1-2H3,(H,29,32)/t17?,22-,25-,26+,27-/m1/s1. The monoisotopic (exact) mass is 461 g/mol. The highest BCUT2D eigenvalue weighted by Gasteiger charge is 2.69. The molecule has 7 nitrogen and oxygen atoms in total. The highest BCUT2D eigenvalue weighted by Crippen LogP contribution is 2.59. The van der Waals surface area contributed by atoms with Gasteiger partial charge >= 0.3 is 6.03 Å². The second-order valence-electron chi connectivity index (χ2n) is 10.4. The van der Waals surface area contributed by atoms with Gasteiger partial charge in [-0.2, -0.15) is 0 Å². The van der Waals surface area contributed by atoms with Crippen LogP contribution in [0.5, 0.6) is 5.75 Å². The normalized spacial score (nSPS) is 34.9. The van der Waals surface area contributed by atoms with Gasteiger partial charge in [-0.1, -0.05) is 36.4 Å². The van der Waals surface area contributed by atoms with Crippen molar-refractivity contribution in [2.24, 2.45) is 0 Å². The molecule has 5 atom stereocenters. The summed E-state index contributed by atoms with van der Waals surface area (Å²) in [6, 6.07) is 14.9. The van der Waals surface area contributed by atoms with E-state index in [1.807, 2.05) is 49.4 Å². The van der Waals surface area contributed by atoms with Crippen LogP contribution in [-0.2, 0) is 16.6 Å². The molecule has 1 saturated carbocycles. The van der Waals surface area contributed by atoms with Crippen LogP contribution in [0.2, 0.25) is 0 Å². The summed E-state index contributed by atoms with van der Waals surface area (Å²) in [5.74, 6) is 0.559. The minimum absolute atomic E-state index is 0.0777. The summed E-state index contributed by atoms with van der Waals surface area (Å²) in [6.45, 7) is 2.65. The van der Waals surface area contributed by atoms with E-state index < -0.39 is 16.6 Å². The number of urea groups is 1. The summed E-state index contributed by atoms with van der Waals surface area (Å²) in [5, 5.41) is 18.8. The van der Waals surface area contributed by atoms with E-state index in [0.717, 1.165) is 29.8 Å². The zero-order valence-corrected chi connectivity index (χ0v) is 19.6. The van der Waals surface area contributed by atoms with Crippen LogP contribution < -0.4 is 15.4 Å². The van der Waals surface area contributed by atoms with Crippen molar-refractivity contribution in [3.05, 3.63) is 65.2 Å². The third kappa shape index (κ3) is 2.71. The van der Waals surface area contributed by atoms with Gasteiger partial charge in [0.05, 0.1) is 18.8 Å². The lowest BCUT2D eigenvalue weighted by Crippen LogP contribution is -2.75. The van der Waals surface area contributed by atoms with E-state index in [4.69, 9.17) is 4.74 Å². The molecule has 178 valence electrons. The van der Waals surface area contributed by atoms with Crippen LogP contribution >= 0.6 is 0 Å². The zero-order chi connectivity index (χ0) is 23.7. The molecule has 1 unspecified atom stereocenters. The Kier molecular flexibility index (Phi) is 4.64. The molecule has 4 aliphatic rings. The average molecular weight is 462 g/mol. The SMILES string of the molecule is COc1ccc2c(c1)[C@]13CCN[C@H](C2)[C@]1(O)CC[C@@]1(C3)NC(=O)N(C(C)c2ccccc2)C1=O. The number of carbonyl (C=O) groups is 2. The van der Waals surface area contributed by atoms with E-state index in [0.29, 0.717) is 25.7 Å². The molecule has 2 aromatic carbocycles. The highest BCUT2D eigenvalue weighted by molar-refractivity contribution is 6.07. The first-order valence-electron chi connectivity index (χ1n) is 12.2. The van der Waals surface area contributed by atoms with Crippen LogP contribution in [0.4, 0.5) is 4.79 Å². The maximum Gasteiger partial charge on any atom is 0.325 e. The van der Waals surface area contributed by atoms with Gasteiger partial charge in [-0.25, -0.2) is 4.79 Å². The molecular formula is C27H31N3O4. The Hall–Kier alpha value is -2.90. The summed E-state index contributed by atoms with van der Waals surface area (Å²) in [5.41, 5.74) is 0.501. The van der Waals surface area contributed by atoms with E-state index in [2.05, 4.69) is 16.7 Å². The minimum Gasteiger partial charge on any atom is -0.497 e. The average Bonchev–Trinajstić information content (AvgIpc) is 3.08. The molecule has 2 aromatic rings. The predicted molar refractivity (Wildman–Crippen MR) is 127 cm³/mol. The number of ether oxygens (including phenoxy) is 1. The van der Waals surface area contributed by atoms with E-state index in [1.165, 1.54) is 10.5 Å². The first-order valence-corrected chi connectivity index (χ1v) is 12.2. The Morgan fingerprint density at radius 2 is 1.91 bits per heavy atom. The predicted octanol–water partition coefficient (Wildman–Crippen LogP) is 2.82. The second-order valence-corrected chi connectivity index (χ2v) is 10.4. The van der Waals surface area contributed by atoms with Gasteiger partial charge in [0.2, 0.25) is 0 Å². The third-order valence-electron chi connectivity index (χ3n) is 9.00. The van der Waals surface area contributed by atoms with Crippen LogP contribution in [0.1, 0.15) is 55.3 Å². The molecule has 7 heteroatoms. The fourth-order valence-corrected chi connectivity index (χ4v) is 7.23. The Morgan fingerprint density at radius 1 is 1.12 bits per heavy atom. The van der Waals surface area contributed by atoms with Gasteiger partial charge in [-0.3, -0.25) is 9.69 Å². The van der Waals surface area contributed by atoms with Crippen molar-refractivity contribution in [1.82, 2.24) is 15.5 Å². The third-order valence-corrected chi connectivity index (χ3v) is 9.00. The van der Waals surface area contributed by atoms with E-state index >= 15 is 0 Å². The second kappa shape index (κ2) is 7.30. The van der Waals surface area contributed by atoms with Gasteiger partial charge in [-0.15, -0.1) is 0 Å². The molecule has 0 aromatic heterocycles. The van der Waals surface area contributed by atoms with Gasteiger partial charge in [0, 0.05) is 11.5 Å². The van der Waals surface area contributed by atoms with E-state index in [-0.39, 0.29) is 24.0 Å². The van der Waals surface area contributed by atoms with Crippen molar-refractivity contribution in [3.63, 3.8) is 0 Å². The minimum atomic E-state index is -1.02. The molecule has 2 heterocycles. The summed E-state index contributed by atoms with van der Waals surface area (Å²) in [7, 11) is 1.64. The molecule has 1 spiro atoms. The first kappa shape index (κ1) is 21.6. The van der Waals surface area contributed by atoms with Gasteiger partial charge in [0.15, 0.2) is 0 Å². The number of benzene rings is 2. The molecular weight excluding hydrogens is 430 g/mol. The fraction of sp³-hybridized carbons (Fsp3) is 0.481. The number of nitrogens with zero attached hydrogens (tertiary/aromatic N) is 1. The van der Waals surface area contributed by atoms with Gasteiger partial charge in [-0.05, 0) is 74.4 Å². The number of fused-ring (bicyclic) bond motifs is 1. The first-order chi connectivity index (χ1) is 16.3. The lowest BCUT2D eigenvalue weighted by atomic mass is 9.47. The lowest BCUT2D eigenvalue weighted by Gasteiger charge is -2.63. The summed E-state index contributed by atoms with van der Waals surface area (Å²) >= 11 is 0. The van der Waals surface area contributed by atoms with Crippen LogP contribution in [0, 0.1) is 0 Å². The number of rotatable bonds is 3. The fourth-order valence-electron chi connectivity index (χ4n) is 7.23. The summed E-state index contributed by atoms with van der Waals surface area (Å²) in [4.78, 5) is 28.6.